The second-order valence-corrected chi connectivity index (χ2v) is 6.22. The van der Waals surface area contributed by atoms with Crippen LogP contribution >= 0.6 is 0 Å². The molecule has 6 heteroatoms. The van der Waals surface area contributed by atoms with Gasteiger partial charge in [0, 0.05) is 12.8 Å². The highest BCUT2D eigenvalue weighted by Gasteiger charge is 2.17. The Morgan fingerprint density at radius 2 is 2.04 bits per heavy atom. The summed E-state index contributed by atoms with van der Waals surface area (Å²) in [5.41, 5.74) is 1.07. The van der Waals surface area contributed by atoms with Gasteiger partial charge in [0.1, 0.15) is 0 Å². The first-order valence-corrected chi connectivity index (χ1v) is 8.51. The summed E-state index contributed by atoms with van der Waals surface area (Å²) in [5.74, 6) is 3.53. The van der Waals surface area contributed by atoms with Crippen molar-refractivity contribution in [3.8, 4) is 11.5 Å². The van der Waals surface area contributed by atoms with Crippen molar-refractivity contribution in [1.29, 1.82) is 0 Å². The molecular formula is C18H25N3O3. The molecule has 2 aromatic rings. The quantitative estimate of drug-likeness (QED) is 0.877. The normalized spacial score (nSPS) is 18.2. The van der Waals surface area contributed by atoms with Crippen LogP contribution in [0.3, 0.4) is 0 Å². The van der Waals surface area contributed by atoms with E-state index >= 15 is 0 Å². The molecule has 1 fully saturated rings. The number of rotatable bonds is 6. The smallest absolute Gasteiger partial charge is 0.226 e. The Bertz CT molecular complexity index is 649. The van der Waals surface area contributed by atoms with E-state index in [1.54, 1.807) is 14.2 Å². The number of aromatic nitrogens is 2. The van der Waals surface area contributed by atoms with Crippen LogP contribution in [0.25, 0.3) is 0 Å². The number of hydrogen-bond acceptors (Lipinski definition) is 6. The van der Waals surface area contributed by atoms with Gasteiger partial charge in [0.05, 0.1) is 14.2 Å². The molecule has 24 heavy (non-hydrogen) atoms. The Morgan fingerprint density at radius 3 is 2.88 bits per heavy atom. The third-order valence-corrected chi connectivity index (χ3v) is 4.48. The van der Waals surface area contributed by atoms with Gasteiger partial charge in [-0.25, -0.2) is 0 Å². The highest BCUT2D eigenvalue weighted by atomic mass is 16.5. The average Bonchev–Trinajstić information content (AvgIpc) is 2.87. The van der Waals surface area contributed by atoms with Crippen LogP contribution < -0.4 is 14.8 Å². The third-order valence-electron chi connectivity index (χ3n) is 4.48. The summed E-state index contributed by atoms with van der Waals surface area (Å²) in [6.07, 6.45) is 5.11. The zero-order chi connectivity index (χ0) is 16.8. The molecule has 1 N–H and O–H groups in total. The van der Waals surface area contributed by atoms with Crippen LogP contribution in [0.1, 0.15) is 36.5 Å². The lowest BCUT2D eigenvalue weighted by molar-refractivity contribution is 0.339. The Labute approximate surface area is 142 Å². The van der Waals surface area contributed by atoms with E-state index in [0.29, 0.717) is 23.9 Å². The minimum atomic E-state index is 0.621. The van der Waals surface area contributed by atoms with Crippen molar-refractivity contribution in [3.05, 3.63) is 35.5 Å². The van der Waals surface area contributed by atoms with E-state index in [0.717, 1.165) is 36.7 Å². The number of methoxy groups -OCH3 is 2. The number of benzene rings is 1. The lowest BCUT2D eigenvalue weighted by Crippen LogP contribution is -2.14. The van der Waals surface area contributed by atoms with Crippen LogP contribution in [0, 0.1) is 5.92 Å². The van der Waals surface area contributed by atoms with Gasteiger partial charge < -0.3 is 19.3 Å². The van der Waals surface area contributed by atoms with Gasteiger partial charge in [0.15, 0.2) is 17.3 Å². The minimum absolute atomic E-state index is 0.621. The fourth-order valence-corrected chi connectivity index (χ4v) is 3.16. The maximum atomic E-state index is 5.44. The summed E-state index contributed by atoms with van der Waals surface area (Å²) in [4.78, 5) is 4.56. The molecule has 1 aromatic heterocycles. The SMILES string of the molecule is COc1ccc(Cc2noc(CC3CCCNCC3)n2)cc1OC. The van der Waals surface area contributed by atoms with Gasteiger partial charge in [-0.05, 0) is 56.0 Å². The zero-order valence-electron chi connectivity index (χ0n) is 14.4. The Morgan fingerprint density at radius 1 is 1.17 bits per heavy atom. The number of nitrogens with zero attached hydrogens (tertiary/aromatic N) is 2. The first-order chi connectivity index (χ1) is 11.8. The molecule has 0 aliphatic carbocycles. The minimum Gasteiger partial charge on any atom is -0.493 e. The Kier molecular flexibility index (Phi) is 5.69. The molecule has 1 aromatic carbocycles. The maximum absolute atomic E-state index is 5.44. The molecular weight excluding hydrogens is 306 g/mol. The molecule has 0 spiro atoms. The van der Waals surface area contributed by atoms with E-state index in [4.69, 9.17) is 14.0 Å². The van der Waals surface area contributed by atoms with E-state index in [1.807, 2.05) is 18.2 Å². The average molecular weight is 331 g/mol. The lowest BCUT2D eigenvalue weighted by atomic mass is 9.97. The van der Waals surface area contributed by atoms with E-state index < -0.39 is 0 Å². The molecule has 1 atom stereocenters. The molecule has 2 heterocycles. The van der Waals surface area contributed by atoms with Crippen molar-refractivity contribution in [2.75, 3.05) is 27.3 Å². The number of hydrogen-bond donors (Lipinski definition) is 1. The molecule has 1 unspecified atom stereocenters. The fourth-order valence-electron chi connectivity index (χ4n) is 3.16. The molecule has 3 rings (SSSR count). The summed E-state index contributed by atoms with van der Waals surface area (Å²) in [5, 5.41) is 7.56. The predicted molar refractivity (Wildman–Crippen MR) is 90.6 cm³/mol. The van der Waals surface area contributed by atoms with Gasteiger partial charge >= 0.3 is 0 Å². The van der Waals surface area contributed by atoms with Gasteiger partial charge in [-0.15, -0.1) is 0 Å². The molecule has 1 aliphatic rings. The maximum Gasteiger partial charge on any atom is 0.226 e. The van der Waals surface area contributed by atoms with Crippen molar-refractivity contribution in [1.82, 2.24) is 15.5 Å². The largest absolute Gasteiger partial charge is 0.493 e. The number of ether oxygens (including phenoxy) is 2. The topological polar surface area (TPSA) is 69.4 Å². The molecule has 0 bridgehead atoms. The first-order valence-electron chi connectivity index (χ1n) is 8.51. The number of nitrogens with one attached hydrogen (secondary N) is 1. The summed E-state index contributed by atoms with van der Waals surface area (Å²) >= 11 is 0. The molecule has 1 aliphatic heterocycles. The van der Waals surface area contributed by atoms with Crippen molar-refractivity contribution in [3.63, 3.8) is 0 Å². The molecule has 0 saturated carbocycles. The highest BCUT2D eigenvalue weighted by Crippen LogP contribution is 2.28. The third kappa shape index (κ3) is 4.26. The Hall–Kier alpha value is -2.08. The van der Waals surface area contributed by atoms with Crippen LogP contribution in [0.2, 0.25) is 0 Å². The molecule has 6 nitrogen and oxygen atoms in total. The van der Waals surface area contributed by atoms with Gasteiger partial charge in [0.25, 0.3) is 0 Å². The second-order valence-electron chi connectivity index (χ2n) is 6.22. The monoisotopic (exact) mass is 331 g/mol. The van der Waals surface area contributed by atoms with E-state index in [1.165, 1.54) is 19.3 Å². The summed E-state index contributed by atoms with van der Waals surface area (Å²) in [7, 11) is 3.27. The standard InChI is InChI=1S/C18H25N3O3/c1-22-15-6-5-14(10-16(15)23-2)11-17-20-18(24-21-17)12-13-4-3-8-19-9-7-13/h5-6,10,13,19H,3-4,7-9,11-12H2,1-2H3. The lowest BCUT2D eigenvalue weighted by Gasteiger charge is -2.09. The van der Waals surface area contributed by atoms with Crippen molar-refractivity contribution >= 4 is 0 Å². The summed E-state index contributed by atoms with van der Waals surface area (Å²) in [6, 6.07) is 5.84. The van der Waals surface area contributed by atoms with Crippen molar-refractivity contribution < 1.29 is 14.0 Å². The van der Waals surface area contributed by atoms with E-state index in [-0.39, 0.29) is 0 Å². The van der Waals surface area contributed by atoms with Crippen molar-refractivity contribution in [2.45, 2.75) is 32.1 Å². The highest BCUT2D eigenvalue weighted by molar-refractivity contribution is 5.43. The first kappa shape index (κ1) is 16.8. The zero-order valence-corrected chi connectivity index (χ0v) is 14.4. The molecule has 0 amide bonds. The summed E-state index contributed by atoms with van der Waals surface area (Å²) < 4.78 is 16.0. The van der Waals surface area contributed by atoms with Gasteiger partial charge in [0.2, 0.25) is 5.89 Å². The van der Waals surface area contributed by atoms with Crippen molar-refractivity contribution in [2.24, 2.45) is 5.92 Å². The van der Waals surface area contributed by atoms with Gasteiger partial charge in [-0.1, -0.05) is 11.2 Å². The van der Waals surface area contributed by atoms with Crippen LogP contribution in [0.15, 0.2) is 22.7 Å². The fraction of sp³-hybridized carbons (Fsp3) is 0.556. The van der Waals surface area contributed by atoms with Crippen LogP contribution in [-0.2, 0) is 12.8 Å². The van der Waals surface area contributed by atoms with Gasteiger partial charge in [-0.2, -0.15) is 4.98 Å². The predicted octanol–water partition coefficient (Wildman–Crippen LogP) is 2.61. The second kappa shape index (κ2) is 8.15. The van der Waals surface area contributed by atoms with Crippen LogP contribution in [0.5, 0.6) is 11.5 Å². The van der Waals surface area contributed by atoms with Gasteiger partial charge in [-0.3, -0.25) is 0 Å². The molecule has 0 radical (unpaired) electrons. The van der Waals surface area contributed by atoms with E-state index in [2.05, 4.69) is 15.5 Å². The Balaban J connectivity index is 1.63. The van der Waals surface area contributed by atoms with Crippen LogP contribution in [0.4, 0.5) is 0 Å². The van der Waals surface area contributed by atoms with E-state index in [9.17, 15) is 0 Å². The summed E-state index contributed by atoms with van der Waals surface area (Å²) in [6.45, 7) is 2.20. The van der Waals surface area contributed by atoms with Crippen LogP contribution in [-0.4, -0.2) is 37.4 Å². The molecule has 1 saturated heterocycles. The molecule has 130 valence electrons.